The smallest absolute Gasteiger partial charge is 0.338 e. The topological polar surface area (TPSA) is 87.7 Å². The van der Waals surface area contributed by atoms with Crippen LogP contribution in [0.4, 0.5) is 9.18 Å². The van der Waals surface area contributed by atoms with Crippen LogP contribution in [0.5, 0.6) is 0 Å². The summed E-state index contributed by atoms with van der Waals surface area (Å²) in [4.78, 5) is 38.7. The van der Waals surface area contributed by atoms with Crippen molar-refractivity contribution in [2.24, 2.45) is 0 Å². The van der Waals surface area contributed by atoms with Crippen LogP contribution in [-0.2, 0) is 20.9 Å². The number of halogens is 2. The second-order valence-electron chi connectivity index (χ2n) is 6.83. The number of esters is 1. The maximum atomic E-state index is 13.0. The van der Waals surface area contributed by atoms with Crippen LogP contribution >= 0.6 is 11.6 Å². The third-order valence-corrected chi connectivity index (χ3v) is 5.26. The normalized spacial score (nSPS) is 18.1. The van der Waals surface area contributed by atoms with Gasteiger partial charge in [-0.1, -0.05) is 41.9 Å². The average molecular weight is 430 g/mol. The molecule has 2 aromatic rings. The highest BCUT2D eigenvalue weighted by molar-refractivity contribution is 6.31. The Morgan fingerprint density at radius 1 is 1.20 bits per heavy atom. The molecular weight excluding hydrogens is 413 g/mol. The van der Waals surface area contributed by atoms with E-state index in [1.165, 1.54) is 17.0 Å². The third-order valence-electron chi connectivity index (χ3n) is 4.92. The Bertz CT molecular complexity index is 1050. The van der Waals surface area contributed by atoms with Gasteiger partial charge in [-0.2, -0.15) is 0 Å². The maximum absolute atomic E-state index is 13.0. The van der Waals surface area contributed by atoms with Crippen molar-refractivity contribution in [2.45, 2.75) is 12.6 Å². The molecule has 0 aromatic heterocycles. The van der Waals surface area contributed by atoms with E-state index in [0.29, 0.717) is 21.8 Å². The van der Waals surface area contributed by atoms with Gasteiger partial charge >= 0.3 is 12.0 Å². The Balaban J connectivity index is 1.52. The predicted molar refractivity (Wildman–Crippen MR) is 106 cm³/mol. The molecule has 2 N–H and O–H groups in total. The minimum atomic E-state index is -0.755. The van der Waals surface area contributed by atoms with Crippen molar-refractivity contribution in [3.05, 3.63) is 81.8 Å². The number of carbonyl (C=O) groups is 3. The molecule has 1 unspecified atom stereocenters. The molecule has 4 rings (SSSR count). The Hall–Kier alpha value is -3.39. The average Bonchev–Trinajstić information content (AvgIpc) is 3.11. The van der Waals surface area contributed by atoms with E-state index < -0.39 is 23.9 Å². The highest BCUT2D eigenvalue weighted by Gasteiger charge is 2.43. The van der Waals surface area contributed by atoms with Crippen LogP contribution in [0.1, 0.15) is 17.2 Å². The monoisotopic (exact) mass is 429 g/mol. The molecule has 2 aromatic carbocycles. The fraction of sp³-hybridized carbons (Fsp3) is 0.190. The Morgan fingerprint density at radius 3 is 2.67 bits per heavy atom. The number of amides is 3. The highest BCUT2D eigenvalue weighted by atomic mass is 35.5. The number of ether oxygens (including phenoxy) is 1. The van der Waals surface area contributed by atoms with Gasteiger partial charge in [0.15, 0.2) is 0 Å². The summed E-state index contributed by atoms with van der Waals surface area (Å²) in [7, 11) is 0. The number of nitrogens with one attached hydrogen (secondary N) is 2. The van der Waals surface area contributed by atoms with Gasteiger partial charge in [0.05, 0.1) is 17.3 Å². The van der Waals surface area contributed by atoms with Crippen molar-refractivity contribution in [1.82, 2.24) is 15.5 Å². The van der Waals surface area contributed by atoms with Gasteiger partial charge in [0.1, 0.15) is 19.0 Å². The first-order valence-electron chi connectivity index (χ1n) is 9.18. The van der Waals surface area contributed by atoms with Gasteiger partial charge in [-0.15, -0.1) is 0 Å². The van der Waals surface area contributed by atoms with Crippen LogP contribution in [0.2, 0.25) is 5.02 Å². The van der Waals surface area contributed by atoms with E-state index in [1.807, 2.05) is 0 Å². The van der Waals surface area contributed by atoms with Crippen molar-refractivity contribution in [3.63, 3.8) is 0 Å². The molecule has 9 heteroatoms. The van der Waals surface area contributed by atoms with E-state index in [2.05, 4.69) is 10.6 Å². The van der Waals surface area contributed by atoms with Crippen LogP contribution in [-0.4, -0.2) is 36.0 Å². The zero-order valence-electron chi connectivity index (χ0n) is 15.7. The number of hydrogen-bond acceptors (Lipinski definition) is 4. The number of hydrogen-bond donors (Lipinski definition) is 2. The molecule has 7 nitrogen and oxygen atoms in total. The lowest BCUT2D eigenvalue weighted by Gasteiger charge is -2.32. The second kappa shape index (κ2) is 8.16. The molecule has 0 radical (unpaired) electrons. The minimum Gasteiger partial charge on any atom is -0.456 e. The molecule has 0 saturated carbocycles. The molecule has 2 aliphatic rings. The number of carbonyl (C=O) groups excluding carboxylic acids is 3. The largest absolute Gasteiger partial charge is 0.456 e. The van der Waals surface area contributed by atoms with Gasteiger partial charge in [0.25, 0.3) is 0 Å². The van der Waals surface area contributed by atoms with E-state index in [0.717, 1.165) is 0 Å². The highest BCUT2D eigenvalue weighted by Crippen LogP contribution is 2.37. The molecule has 0 saturated heterocycles. The minimum absolute atomic E-state index is 0.103. The summed E-state index contributed by atoms with van der Waals surface area (Å²) in [5, 5.41) is 5.81. The molecular formula is C21H17ClFN3O4. The number of urea groups is 1. The van der Waals surface area contributed by atoms with Gasteiger partial charge in [-0.05, 0) is 29.3 Å². The summed E-state index contributed by atoms with van der Waals surface area (Å²) in [6.45, 7) is -0.219. The number of rotatable bonds is 5. The van der Waals surface area contributed by atoms with E-state index in [9.17, 15) is 18.8 Å². The van der Waals surface area contributed by atoms with Gasteiger partial charge < -0.3 is 15.4 Å². The first-order valence-corrected chi connectivity index (χ1v) is 9.55. The number of cyclic esters (lactones) is 1. The van der Waals surface area contributed by atoms with Crippen molar-refractivity contribution in [3.8, 4) is 0 Å². The Labute approximate surface area is 176 Å². The van der Waals surface area contributed by atoms with Crippen LogP contribution in [0.3, 0.4) is 0 Å². The lowest BCUT2D eigenvalue weighted by molar-refractivity contribution is -0.136. The summed E-state index contributed by atoms with van der Waals surface area (Å²) in [5.41, 5.74) is 1.88. The van der Waals surface area contributed by atoms with Crippen LogP contribution in [0, 0.1) is 5.82 Å². The fourth-order valence-corrected chi connectivity index (χ4v) is 3.67. The molecule has 2 aliphatic heterocycles. The molecule has 30 heavy (non-hydrogen) atoms. The Morgan fingerprint density at radius 2 is 1.93 bits per heavy atom. The van der Waals surface area contributed by atoms with Gasteiger partial charge in [0, 0.05) is 11.6 Å². The molecule has 2 heterocycles. The van der Waals surface area contributed by atoms with Gasteiger partial charge in [-0.25, -0.2) is 14.0 Å². The molecule has 0 bridgehead atoms. The fourth-order valence-electron chi connectivity index (χ4n) is 3.42. The maximum Gasteiger partial charge on any atom is 0.338 e. The summed E-state index contributed by atoms with van der Waals surface area (Å²) < 4.78 is 18.1. The molecule has 0 spiro atoms. The predicted octanol–water partition coefficient (Wildman–Crippen LogP) is 2.67. The van der Waals surface area contributed by atoms with E-state index in [1.54, 1.807) is 36.4 Å². The zero-order chi connectivity index (χ0) is 21.3. The van der Waals surface area contributed by atoms with Gasteiger partial charge in [-0.3, -0.25) is 9.69 Å². The summed E-state index contributed by atoms with van der Waals surface area (Å²) in [5.74, 6) is -1.36. The SMILES string of the molecule is O=C(CN1C(=O)NC(c2ccccc2Cl)C2=C1COC2=O)NCc1ccc(F)cc1. The van der Waals surface area contributed by atoms with E-state index in [-0.39, 0.29) is 31.1 Å². The number of nitrogens with zero attached hydrogens (tertiary/aromatic N) is 1. The standard InChI is InChI=1S/C21H17ClFN3O4/c22-15-4-2-1-3-14(15)19-18-16(11-30-20(18)28)26(21(29)25-19)10-17(27)24-9-12-5-7-13(23)8-6-12/h1-8,19H,9-11H2,(H,24,27)(H,25,29). The third kappa shape index (κ3) is 3.86. The second-order valence-corrected chi connectivity index (χ2v) is 7.24. The molecule has 0 fully saturated rings. The van der Waals surface area contributed by atoms with Crippen molar-refractivity contribution in [1.29, 1.82) is 0 Å². The van der Waals surface area contributed by atoms with E-state index >= 15 is 0 Å². The van der Waals surface area contributed by atoms with Gasteiger partial charge in [0.2, 0.25) is 5.91 Å². The zero-order valence-corrected chi connectivity index (χ0v) is 16.4. The Kier molecular flexibility index (Phi) is 5.41. The van der Waals surface area contributed by atoms with Crippen molar-refractivity contribution in [2.75, 3.05) is 13.2 Å². The van der Waals surface area contributed by atoms with Crippen LogP contribution < -0.4 is 10.6 Å². The first-order chi connectivity index (χ1) is 14.4. The lowest BCUT2D eigenvalue weighted by Crippen LogP contribution is -2.50. The molecule has 154 valence electrons. The van der Waals surface area contributed by atoms with E-state index in [4.69, 9.17) is 16.3 Å². The first kappa shape index (κ1) is 19.9. The van der Waals surface area contributed by atoms with Crippen molar-refractivity contribution < 1.29 is 23.5 Å². The molecule has 0 aliphatic carbocycles. The summed E-state index contributed by atoms with van der Waals surface area (Å²) >= 11 is 6.25. The molecule has 3 amide bonds. The quantitative estimate of drug-likeness (QED) is 0.715. The van der Waals surface area contributed by atoms with Crippen LogP contribution in [0.15, 0.2) is 59.8 Å². The van der Waals surface area contributed by atoms with Crippen molar-refractivity contribution >= 4 is 29.5 Å². The summed E-state index contributed by atoms with van der Waals surface area (Å²) in [6, 6.07) is 11.3. The van der Waals surface area contributed by atoms with Crippen LogP contribution in [0.25, 0.3) is 0 Å². The molecule has 1 atom stereocenters. The number of benzene rings is 2. The summed E-state index contributed by atoms with van der Waals surface area (Å²) in [6.07, 6.45) is 0. The lowest BCUT2D eigenvalue weighted by atomic mass is 9.95.